The minimum atomic E-state index is -0.220. The number of amides is 1. The molecule has 0 aliphatic rings. The summed E-state index contributed by atoms with van der Waals surface area (Å²) in [5.41, 5.74) is 0.560. The Bertz CT molecular complexity index is 637. The number of rotatable bonds is 6. The predicted molar refractivity (Wildman–Crippen MR) is 89.0 cm³/mol. The first-order valence-corrected chi connectivity index (χ1v) is 9.03. The number of benzene rings is 2. The van der Waals surface area contributed by atoms with Gasteiger partial charge in [-0.1, -0.05) is 0 Å². The molecule has 0 radical (unpaired) electrons. The molecule has 112 valence electrons. The van der Waals surface area contributed by atoms with Gasteiger partial charge in [-0.05, 0) is 0 Å². The average Bonchev–Trinajstić information content (AvgIpc) is 2.57. The monoisotopic (exact) mass is 358 g/mol. The van der Waals surface area contributed by atoms with Crippen molar-refractivity contribution in [1.29, 1.82) is 5.26 Å². The second kappa shape index (κ2) is 8.38. The van der Waals surface area contributed by atoms with Crippen molar-refractivity contribution >= 4 is 25.3 Å². The molecule has 0 spiro atoms. The van der Waals surface area contributed by atoms with Crippen LogP contribution in [-0.4, -0.2) is 32.3 Å². The molecule has 2 rings (SSSR count). The first kappa shape index (κ1) is 16.3. The Morgan fingerprint density at radius 1 is 1.14 bits per heavy atom. The van der Waals surface area contributed by atoms with E-state index >= 15 is 0 Å². The summed E-state index contributed by atoms with van der Waals surface area (Å²) in [6.45, 7) is 2.65. The second-order valence-corrected chi connectivity index (χ2v) is 8.12. The van der Waals surface area contributed by atoms with E-state index in [4.69, 9.17) is 0 Å². The number of carbonyl (C=O) groups excluding carboxylic acids is 1. The van der Waals surface area contributed by atoms with E-state index in [-0.39, 0.29) is 5.91 Å². The Morgan fingerprint density at radius 2 is 1.73 bits per heavy atom. The molecule has 0 aliphatic carbocycles. The van der Waals surface area contributed by atoms with E-state index in [0.29, 0.717) is 31.9 Å². The third kappa shape index (κ3) is 4.73. The van der Waals surface area contributed by atoms with Gasteiger partial charge in [0, 0.05) is 0 Å². The fourth-order valence-corrected chi connectivity index (χ4v) is 4.14. The second-order valence-electron chi connectivity index (χ2n) is 4.95. The van der Waals surface area contributed by atoms with Crippen molar-refractivity contribution in [2.45, 2.75) is 18.2 Å². The van der Waals surface area contributed by atoms with Crippen molar-refractivity contribution in [3.8, 4) is 6.19 Å². The van der Waals surface area contributed by atoms with E-state index < -0.39 is 0 Å². The van der Waals surface area contributed by atoms with Gasteiger partial charge in [0.15, 0.2) is 0 Å². The number of hydrogen-bond acceptors (Lipinski definition) is 2. The normalized spacial score (nSPS) is 11.5. The molecule has 0 heterocycles. The predicted octanol–water partition coefficient (Wildman–Crippen LogP) is 2.84. The van der Waals surface area contributed by atoms with Gasteiger partial charge in [0.1, 0.15) is 0 Å². The molecule has 0 bridgehead atoms. The van der Waals surface area contributed by atoms with Gasteiger partial charge < -0.3 is 0 Å². The molecule has 0 aliphatic heterocycles. The molecule has 0 saturated carbocycles. The molecular formula is C18H18N2OSe. The summed E-state index contributed by atoms with van der Waals surface area (Å²) in [4.78, 5) is 14.0. The maximum absolute atomic E-state index is 12.3. The van der Waals surface area contributed by atoms with Crippen molar-refractivity contribution in [2.75, 3.05) is 6.54 Å². The molecular weight excluding hydrogens is 339 g/mol. The third-order valence-electron chi connectivity index (χ3n) is 3.23. The van der Waals surface area contributed by atoms with E-state index in [1.54, 1.807) is 12.1 Å². The van der Waals surface area contributed by atoms with E-state index in [1.165, 1.54) is 9.36 Å². The molecule has 0 saturated heterocycles. The summed E-state index contributed by atoms with van der Waals surface area (Å²) in [5.74, 6) is -0.220. The van der Waals surface area contributed by atoms with Crippen molar-refractivity contribution in [3.05, 3.63) is 66.2 Å². The molecule has 22 heavy (non-hydrogen) atoms. The van der Waals surface area contributed by atoms with Gasteiger partial charge >= 0.3 is 137 Å². The number of nitrogens with zero attached hydrogens (tertiary/aromatic N) is 2. The number of hydrogen-bond donors (Lipinski definition) is 0. The fourth-order valence-electron chi connectivity index (χ4n) is 2.03. The zero-order valence-corrected chi connectivity index (χ0v) is 14.2. The van der Waals surface area contributed by atoms with Gasteiger partial charge in [-0.2, -0.15) is 0 Å². The van der Waals surface area contributed by atoms with E-state index in [0.717, 1.165) is 6.42 Å². The molecule has 2 aromatic rings. The molecule has 1 atom stereocenters. The SMILES string of the molecule is CC(CCN(C#N)C(=O)c1ccccc1)[Se]c1ccccc1. The molecule has 3 nitrogen and oxygen atoms in total. The van der Waals surface area contributed by atoms with Crippen LogP contribution in [0.4, 0.5) is 0 Å². The molecule has 0 N–H and O–H groups in total. The van der Waals surface area contributed by atoms with Crippen molar-refractivity contribution < 1.29 is 4.79 Å². The van der Waals surface area contributed by atoms with Crippen LogP contribution in [-0.2, 0) is 0 Å². The van der Waals surface area contributed by atoms with Crippen LogP contribution in [0.5, 0.6) is 0 Å². The van der Waals surface area contributed by atoms with Gasteiger partial charge in [0.05, 0.1) is 0 Å². The number of nitriles is 1. The topological polar surface area (TPSA) is 44.1 Å². The van der Waals surface area contributed by atoms with Gasteiger partial charge in [-0.15, -0.1) is 0 Å². The van der Waals surface area contributed by atoms with E-state index in [2.05, 4.69) is 19.1 Å². The Labute approximate surface area is 137 Å². The quantitative estimate of drug-likeness (QED) is 0.453. The van der Waals surface area contributed by atoms with Crippen LogP contribution in [0.2, 0.25) is 4.82 Å². The van der Waals surface area contributed by atoms with Crippen LogP contribution >= 0.6 is 0 Å². The summed E-state index contributed by atoms with van der Waals surface area (Å²) < 4.78 is 1.35. The van der Waals surface area contributed by atoms with E-state index in [9.17, 15) is 10.1 Å². The Balaban J connectivity index is 1.89. The molecule has 1 amide bonds. The van der Waals surface area contributed by atoms with Crippen LogP contribution in [0, 0.1) is 11.5 Å². The van der Waals surface area contributed by atoms with Crippen LogP contribution in [0.15, 0.2) is 60.7 Å². The Morgan fingerprint density at radius 3 is 2.32 bits per heavy atom. The first-order chi connectivity index (χ1) is 10.7. The fraction of sp³-hybridized carbons (Fsp3) is 0.222. The number of carbonyl (C=O) groups is 1. The Kier molecular flexibility index (Phi) is 6.21. The summed E-state index contributed by atoms with van der Waals surface area (Å²) in [7, 11) is 0. The van der Waals surface area contributed by atoms with Gasteiger partial charge in [-0.25, -0.2) is 0 Å². The van der Waals surface area contributed by atoms with Gasteiger partial charge in [0.25, 0.3) is 0 Å². The van der Waals surface area contributed by atoms with Crippen LogP contribution in [0.3, 0.4) is 0 Å². The van der Waals surface area contributed by atoms with Crippen LogP contribution in [0.25, 0.3) is 0 Å². The van der Waals surface area contributed by atoms with E-state index in [1.807, 2.05) is 42.6 Å². The minimum absolute atomic E-state index is 0.220. The van der Waals surface area contributed by atoms with Gasteiger partial charge in [0.2, 0.25) is 0 Å². The molecule has 4 heteroatoms. The van der Waals surface area contributed by atoms with Crippen LogP contribution < -0.4 is 4.46 Å². The zero-order valence-electron chi connectivity index (χ0n) is 12.5. The molecule has 0 fully saturated rings. The summed E-state index contributed by atoms with van der Waals surface area (Å²) in [5, 5.41) is 9.22. The summed E-state index contributed by atoms with van der Waals surface area (Å²) in [6, 6.07) is 19.3. The van der Waals surface area contributed by atoms with Crippen molar-refractivity contribution in [2.24, 2.45) is 0 Å². The molecule has 0 aromatic heterocycles. The van der Waals surface area contributed by atoms with Crippen LogP contribution in [0.1, 0.15) is 23.7 Å². The molecule has 1 unspecified atom stereocenters. The zero-order chi connectivity index (χ0) is 15.8. The van der Waals surface area contributed by atoms with Crippen molar-refractivity contribution in [1.82, 2.24) is 4.90 Å². The van der Waals surface area contributed by atoms with Crippen molar-refractivity contribution in [3.63, 3.8) is 0 Å². The molecule has 2 aromatic carbocycles. The first-order valence-electron chi connectivity index (χ1n) is 7.19. The third-order valence-corrected chi connectivity index (χ3v) is 5.71. The standard InChI is InChI=1S/C18H18N2OSe/c1-15(22-17-10-6-3-7-11-17)12-13-20(14-19)18(21)16-8-4-2-5-9-16/h2-11,15H,12-13H2,1H3. The summed E-state index contributed by atoms with van der Waals surface area (Å²) >= 11 is 0.359. The Hall–Kier alpha value is -2.08. The summed E-state index contributed by atoms with van der Waals surface area (Å²) in [6.07, 6.45) is 2.84. The maximum atomic E-state index is 12.3. The van der Waals surface area contributed by atoms with Gasteiger partial charge in [-0.3, -0.25) is 0 Å². The average molecular weight is 357 g/mol.